The number of hydrogen-bond donors (Lipinski definition) is 3. The van der Waals surface area contributed by atoms with E-state index < -0.39 is 41.0 Å². The minimum atomic E-state index is -1.75. The lowest BCUT2D eigenvalue weighted by Gasteiger charge is -2.44. The molecular weight excluding hydrogens is 636 g/mol. The van der Waals surface area contributed by atoms with Gasteiger partial charge in [-0.15, -0.1) is 0 Å². The minimum Gasteiger partial charge on any atom is -0.493 e. The van der Waals surface area contributed by atoms with Crippen molar-refractivity contribution < 1.29 is 29.0 Å². The molecule has 4 unspecified atom stereocenters. The molecule has 0 saturated heterocycles. The monoisotopic (exact) mass is 678 g/mol. The molecule has 1 aliphatic carbocycles. The van der Waals surface area contributed by atoms with Gasteiger partial charge in [0.25, 0.3) is 0 Å². The summed E-state index contributed by atoms with van der Waals surface area (Å²) in [6, 6.07) is 14.8. The minimum absolute atomic E-state index is 0.365. The Morgan fingerprint density at radius 1 is 0.956 bits per heavy atom. The number of aryl methyl sites for hydroxylation is 4. The standard InChI is InChI=1S/C36H43BrN2O6/c1-8-9-14-45-33-25(37)17-24(18-29(33)44-7)30-31(34(41)38-26-15-20(2)10-12-22(26)4)28(40)19-36(6,43)32(30)35(42)39-27-16-21(3)11-13-23(27)5/h10-13,15-18,30-32,43H,8-9,14,19H2,1-7H3,(H,38,41)(H,39,42). The number of carbonyl (C=O) groups is 3. The van der Waals surface area contributed by atoms with Gasteiger partial charge in [0.2, 0.25) is 11.8 Å². The molecule has 0 heterocycles. The van der Waals surface area contributed by atoms with Crippen molar-refractivity contribution in [1.82, 2.24) is 0 Å². The zero-order valence-corrected chi connectivity index (χ0v) is 28.6. The highest BCUT2D eigenvalue weighted by molar-refractivity contribution is 9.10. The zero-order valence-electron chi connectivity index (χ0n) is 27.0. The Labute approximate surface area is 274 Å². The average molecular weight is 680 g/mol. The van der Waals surface area contributed by atoms with Crippen molar-refractivity contribution in [1.29, 1.82) is 0 Å². The quantitative estimate of drug-likeness (QED) is 0.155. The summed E-state index contributed by atoms with van der Waals surface area (Å²) in [7, 11) is 1.51. The van der Waals surface area contributed by atoms with E-state index >= 15 is 0 Å². The van der Waals surface area contributed by atoms with Gasteiger partial charge < -0.3 is 25.2 Å². The van der Waals surface area contributed by atoms with Gasteiger partial charge in [-0.3, -0.25) is 14.4 Å². The summed E-state index contributed by atoms with van der Waals surface area (Å²) in [6.45, 7) is 11.6. The molecule has 1 fully saturated rings. The normalized spacial score (nSPS) is 21.3. The van der Waals surface area contributed by atoms with Crippen LogP contribution in [0.15, 0.2) is 53.0 Å². The van der Waals surface area contributed by atoms with Crippen LogP contribution in [0.2, 0.25) is 0 Å². The van der Waals surface area contributed by atoms with Crippen LogP contribution in [-0.4, -0.2) is 42.0 Å². The van der Waals surface area contributed by atoms with E-state index in [1.807, 2.05) is 64.1 Å². The predicted octanol–water partition coefficient (Wildman–Crippen LogP) is 7.19. The third-order valence-electron chi connectivity index (χ3n) is 8.52. The number of halogens is 1. The van der Waals surface area contributed by atoms with Crippen molar-refractivity contribution in [2.24, 2.45) is 11.8 Å². The number of carbonyl (C=O) groups excluding carboxylic acids is 3. The zero-order chi connectivity index (χ0) is 33.1. The summed E-state index contributed by atoms with van der Waals surface area (Å²) in [6.07, 6.45) is 1.43. The Morgan fingerprint density at radius 2 is 1.53 bits per heavy atom. The first kappa shape index (κ1) is 34.2. The molecule has 9 heteroatoms. The van der Waals surface area contributed by atoms with Gasteiger partial charge in [-0.05, 0) is 109 Å². The first-order valence-electron chi connectivity index (χ1n) is 15.3. The Bertz CT molecular complexity index is 1600. The lowest BCUT2D eigenvalue weighted by molar-refractivity contribution is -0.150. The molecule has 3 N–H and O–H groups in total. The van der Waals surface area contributed by atoms with Crippen LogP contribution in [0, 0.1) is 39.5 Å². The van der Waals surface area contributed by atoms with Crippen molar-refractivity contribution in [3.63, 3.8) is 0 Å². The van der Waals surface area contributed by atoms with Crippen LogP contribution in [0.4, 0.5) is 11.4 Å². The molecule has 45 heavy (non-hydrogen) atoms. The molecule has 0 radical (unpaired) electrons. The van der Waals surface area contributed by atoms with Crippen LogP contribution in [0.3, 0.4) is 0 Å². The molecule has 4 rings (SSSR count). The van der Waals surface area contributed by atoms with Gasteiger partial charge in [0, 0.05) is 23.7 Å². The average Bonchev–Trinajstić information content (AvgIpc) is 2.96. The number of aliphatic hydroxyl groups is 1. The first-order valence-corrected chi connectivity index (χ1v) is 16.1. The molecule has 240 valence electrons. The lowest BCUT2D eigenvalue weighted by atomic mass is 9.61. The van der Waals surface area contributed by atoms with Crippen molar-refractivity contribution in [2.75, 3.05) is 24.4 Å². The fourth-order valence-electron chi connectivity index (χ4n) is 6.04. The maximum Gasteiger partial charge on any atom is 0.235 e. The van der Waals surface area contributed by atoms with Gasteiger partial charge in [0.1, 0.15) is 11.7 Å². The predicted molar refractivity (Wildman–Crippen MR) is 180 cm³/mol. The molecule has 3 aromatic carbocycles. The number of amides is 2. The summed E-state index contributed by atoms with van der Waals surface area (Å²) in [4.78, 5) is 42.3. The highest BCUT2D eigenvalue weighted by Crippen LogP contribution is 2.49. The molecular formula is C36H43BrN2O6. The molecule has 1 aliphatic rings. The molecule has 8 nitrogen and oxygen atoms in total. The smallest absolute Gasteiger partial charge is 0.235 e. The third-order valence-corrected chi connectivity index (χ3v) is 9.10. The number of ether oxygens (including phenoxy) is 2. The van der Waals surface area contributed by atoms with Gasteiger partial charge in [-0.2, -0.15) is 0 Å². The van der Waals surface area contributed by atoms with Gasteiger partial charge >= 0.3 is 0 Å². The second-order valence-corrected chi connectivity index (χ2v) is 13.2. The van der Waals surface area contributed by atoms with E-state index in [9.17, 15) is 19.5 Å². The van der Waals surface area contributed by atoms with E-state index in [4.69, 9.17) is 9.47 Å². The van der Waals surface area contributed by atoms with E-state index in [0.717, 1.165) is 35.1 Å². The maximum absolute atomic E-state index is 14.3. The van der Waals surface area contributed by atoms with Gasteiger partial charge in [-0.1, -0.05) is 37.6 Å². The van der Waals surface area contributed by atoms with Crippen LogP contribution in [0.5, 0.6) is 11.5 Å². The number of anilines is 2. The second kappa shape index (κ2) is 14.2. The largest absolute Gasteiger partial charge is 0.493 e. The summed E-state index contributed by atoms with van der Waals surface area (Å²) >= 11 is 3.60. The fraction of sp³-hybridized carbons (Fsp3) is 0.417. The number of rotatable bonds is 10. The number of nitrogens with one attached hydrogen (secondary N) is 2. The van der Waals surface area contributed by atoms with Crippen LogP contribution in [0.25, 0.3) is 0 Å². The Morgan fingerprint density at radius 3 is 2.09 bits per heavy atom. The van der Waals surface area contributed by atoms with Crippen molar-refractivity contribution in [3.8, 4) is 11.5 Å². The van der Waals surface area contributed by atoms with Crippen molar-refractivity contribution in [2.45, 2.75) is 72.3 Å². The number of methoxy groups -OCH3 is 1. The summed E-state index contributed by atoms with van der Waals surface area (Å²) < 4.78 is 12.3. The summed E-state index contributed by atoms with van der Waals surface area (Å²) in [5.41, 5.74) is 3.49. The van der Waals surface area contributed by atoms with E-state index in [1.165, 1.54) is 14.0 Å². The summed E-state index contributed by atoms with van der Waals surface area (Å²) in [5.74, 6) is -4.11. The Balaban J connectivity index is 1.87. The second-order valence-electron chi connectivity index (χ2n) is 12.3. The van der Waals surface area contributed by atoms with Gasteiger partial charge in [-0.25, -0.2) is 0 Å². The number of ketones is 1. The van der Waals surface area contributed by atoms with Crippen LogP contribution < -0.4 is 20.1 Å². The highest BCUT2D eigenvalue weighted by atomic mass is 79.9. The van der Waals surface area contributed by atoms with Crippen LogP contribution in [0.1, 0.15) is 66.8 Å². The molecule has 0 aromatic heterocycles. The number of hydrogen-bond acceptors (Lipinski definition) is 6. The van der Waals surface area contributed by atoms with Crippen molar-refractivity contribution >= 4 is 44.9 Å². The van der Waals surface area contributed by atoms with Gasteiger partial charge in [0.05, 0.1) is 29.7 Å². The summed E-state index contributed by atoms with van der Waals surface area (Å²) in [5, 5.41) is 17.7. The van der Waals surface area contributed by atoms with E-state index in [1.54, 1.807) is 12.1 Å². The van der Waals surface area contributed by atoms with Gasteiger partial charge in [0.15, 0.2) is 11.5 Å². The lowest BCUT2D eigenvalue weighted by Crippen LogP contribution is -2.56. The topological polar surface area (TPSA) is 114 Å². The molecule has 0 spiro atoms. The maximum atomic E-state index is 14.3. The molecule has 0 bridgehead atoms. The van der Waals surface area contributed by atoms with Crippen molar-refractivity contribution in [3.05, 3.63) is 80.8 Å². The molecule has 2 amide bonds. The van der Waals surface area contributed by atoms with Crippen LogP contribution >= 0.6 is 15.9 Å². The number of Topliss-reactive ketones (excluding diaryl/α,β-unsaturated/α-hetero) is 1. The Hall–Kier alpha value is -3.69. The molecule has 0 aliphatic heterocycles. The fourth-order valence-corrected chi connectivity index (χ4v) is 6.62. The molecule has 4 atom stereocenters. The third kappa shape index (κ3) is 7.59. The number of benzene rings is 3. The molecule has 1 saturated carbocycles. The molecule has 3 aromatic rings. The first-order chi connectivity index (χ1) is 21.3. The SMILES string of the molecule is CCCCOc1c(Br)cc(C2C(C(=O)Nc3cc(C)ccc3C)C(=O)CC(C)(O)C2C(=O)Nc2cc(C)ccc2C)cc1OC. The Kier molecular flexibility index (Phi) is 10.8. The van der Waals surface area contributed by atoms with Crippen LogP contribution in [-0.2, 0) is 14.4 Å². The van der Waals surface area contributed by atoms with E-state index in [0.29, 0.717) is 39.5 Å². The number of unbranched alkanes of at least 4 members (excludes halogenated alkanes) is 1. The van der Waals surface area contributed by atoms with E-state index in [2.05, 4.69) is 33.5 Å². The highest BCUT2D eigenvalue weighted by Gasteiger charge is 2.56. The van der Waals surface area contributed by atoms with E-state index in [-0.39, 0.29) is 6.42 Å².